The zero-order chi connectivity index (χ0) is 18.8. The predicted molar refractivity (Wildman–Crippen MR) is 88.9 cm³/mol. The fourth-order valence-corrected chi connectivity index (χ4v) is 4.72. The number of hydrogen-bond donors (Lipinski definition) is 3. The highest BCUT2D eigenvalue weighted by Crippen LogP contribution is 2.40. The van der Waals surface area contributed by atoms with E-state index in [0.717, 1.165) is 11.3 Å². The number of β-lactam (4-membered cyclic amide) rings is 1. The van der Waals surface area contributed by atoms with Crippen molar-refractivity contribution in [3.05, 3.63) is 11.3 Å². The Morgan fingerprint density at radius 1 is 1.42 bits per heavy atom. The van der Waals surface area contributed by atoms with E-state index in [1.165, 1.54) is 16.7 Å². The van der Waals surface area contributed by atoms with E-state index in [9.17, 15) is 29.4 Å². The lowest BCUT2D eigenvalue weighted by molar-refractivity contribution is -0.149. The van der Waals surface area contributed by atoms with Crippen LogP contribution < -0.4 is 5.32 Å². The number of likely N-dealkylation sites (tertiary alicyclic amines) is 1. The summed E-state index contributed by atoms with van der Waals surface area (Å²) in [5.74, 6) is -1.52. The van der Waals surface area contributed by atoms with Crippen molar-refractivity contribution in [2.24, 2.45) is 0 Å². The van der Waals surface area contributed by atoms with Crippen molar-refractivity contribution in [2.45, 2.75) is 30.3 Å². The standard InChI is InChI=1S/C15H19N3O7S/c19-4-9-2-1-3-17(9)15(24)25-5-8-6-26-13-10(16-7-20)12(21)18(13)11(8)14(22)23/h7,9-10,13,19H,1-6H2,(H,16,20)(H,22,23)/t9-,10?,13-/m0/s1. The summed E-state index contributed by atoms with van der Waals surface area (Å²) < 4.78 is 5.23. The van der Waals surface area contributed by atoms with Crippen molar-refractivity contribution in [1.82, 2.24) is 15.1 Å². The summed E-state index contributed by atoms with van der Waals surface area (Å²) in [5.41, 5.74) is 0.125. The first kappa shape index (κ1) is 18.5. The van der Waals surface area contributed by atoms with Crippen LogP contribution in [0.1, 0.15) is 12.8 Å². The number of carbonyl (C=O) groups is 4. The number of thioether (sulfide) groups is 1. The van der Waals surface area contributed by atoms with Crippen LogP contribution >= 0.6 is 11.8 Å². The van der Waals surface area contributed by atoms with Crippen LogP contribution in [0.3, 0.4) is 0 Å². The van der Waals surface area contributed by atoms with Crippen LogP contribution in [0.4, 0.5) is 4.79 Å². The minimum atomic E-state index is -1.28. The van der Waals surface area contributed by atoms with Gasteiger partial charge in [-0.1, -0.05) is 0 Å². The van der Waals surface area contributed by atoms with Gasteiger partial charge in [-0.25, -0.2) is 9.59 Å². The van der Waals surface area contributed by atoms with Crippen molar-refractivity contribution in [3.8, 4) is 0 Å². The molecule has 0 bridgehead atoms. The lowest BCUT2D eigenvalue weighted by Crippen LogP contribution is -2.69. The second-order valence-corrected chi connectivity index (χ2v) is 7.26. The lowest BCUT2D eigenvalue weighted by Gasteiger charge is -2.49. The molecule has 3 atom stereocenters. The number of nitrogens with one attached hydrogen (secondary N) is 1. The van der Waals surface area contributed by atoms with Crippen molar-refractivity contribution in [2.75, 3.05) is 25.5 Å². The molecule has 2 saturated heterocycles. The van der Waals surface area contributed by atoms with Gasteiger partial charge in [0.25, 0.3) is 5.91 Å². The predicted octanol–water partition coefficient (Wildman–Crippen LogP) is -1.05. The van der Waals surface area contributed by atoms with Crippen LogP contribution in [0.2, 0.25) is 0 Å². The Bertz CT molecular complexity index is 668. The molecule has 3 aliphatic heterocycles. The number of carboxylic acid groups (broad SMARTS) is 1. The Morgan fingerprint density at radius 3 is 2.85 bits per heavy atom. The highest BCUT2D eigenvalue weighted by Gasteiger charge is 2.53. The average molecular weight is 385 g/mol. The van der Waals surface area contributed by atoms with E-state index in [2.05, 4.69) is 5.32 Å². The van der Waals surface area contributed by atoms with Gasteiger partial charge >= 0.3 is 12.1 Å². The van der Waals surface area contributed by atoms with Gasteiger partial charge in [0.05, 0.1) is 12.6 Å². The molecule has 0 aliphatic carbocycles. The van der Waals surface area contributed by atoms with Crippen molar-refractivity contribution >= 4 is 36.1 Å². The van der Waals surface area contributed by atoms with Gasteiger partial charge in [-0.2, -0.15) is 0 Å². The Labute approximate surface area is 153 Å². The van der Waals surface area contributed by atoms with Crippen LogP contribution in [-0.4, -0.2) is 87.4 Å². The second-order valence-electron chi connectivity index (χ2n) is 6.16. The number of carbonyl (C=O) groups excluding carboxylic acids is 3. The van der Waals surface area contributed by atoms with E-state index >= 15 is 0 Å². The first-order valence-corrected chi connectivity index (χ1v) is 9.18. The summed E-state index contributed by atoms with van der Waals surface area (Å²) in [6, 6.07) is -1.03. The number of fused-ring (bicyclic) bond motifs is 1. The smallest absolute Gasteiger partial charge is 0.410 e. The van der Waals surface area contributed by atoms with Crippen LogP contribution in [0, 0.1) is 0 Å². The molecular formula is C15H19N3O7S. The molecule has 3 heterocycles. The molecule has 0 aromatic carbocycles. The van der Waals surface area contributed by atoms with E-state index in [4.69, 9.17) is 4.74 Å². The van der Waals surface area contributed by atoms with Gasteiger partial charge in [-0.15, -0.1) is 11.8 Å². The van der Waals surface area contributed by atoms with E-state index in [-0.39, 0.29) is 30.7 Å². The third-order valence-corrected chi connectivity index (χ3v) is 6.03. The van der Waals surface area contributed by atoms with E-state index in [0.29, 0.717) is 24.9 Å². The molecule has 142 valence electrons. The van der Waals surface area contributed by atoms with E-state index in [1.54, 1.807) is 0 Å². The maximum Gasteiger partial charge on any atom is 0.410 e. The Morgan fingerprint density at radius 2 is 2.19 bits per heavy atom. The second kappa shape index (κ2) is 7.54. The zero-order valence-corrected chi connectivity index (χ0v) is 14.6. The molecule has 0 radical (unpaired) electrons. The third-order valence-electron chi connectivity index (χ3n) is 4.69. The maximum absolute atomic E-state index is 12.2. The fourth-order valence-electron chi connectivity index (χ4n) is 3.39. The topological polar surface area (TPSA) is 136 Å². The highest BCUT2D eigenvalue weighted by atomic mass is 32.2. The number of amides is 3. The van der Waals surface area contributed by atoms with Gasteiger partial charge in [0.1, 0.15) is 23.7 Å². The summed E-state index contributed by atoms with van der Waals surface area (Å²) in [7, 11) is 0. The van der Waals surface area contributed by atoms with Crippen LogP contribution in [0.5, 0.6) is 0 Å². The van der Waals surface area contributed by atoms with Crippen LogP contribution in [0.15, 0.2) is 11.3 Å². The number of rotatable bonds is 6. The number of hydrogen-bond acceptors (Lipinski definition) is 7. The molecule has 0 aromatic heterocycles. The number of ether oxygens (including phenoxy) is 1. The van der Waals surface area contributed by atoms with E-state index < -0.39 is 29.4 Å². The Hall–Kier alpha value is -2.27. The molecule has 3 N–H and O–H groups in total. The number of nitrogens with zero attached hydrogens (tertiary/aromatic N) is 2. The molecule has 0 aromatic rings. The quantitative estimate of drug-likeness (QED) is 0.389. The molecular weight excluding hydrogens is 366 g/mol. The highest BCUT2D eigenvalue weighted by molar-refractivity contribution is 8.00. The normalized spacial score (nSPS) is 27.7. The van der Waals surface area contributed by atoms with Crippen molar-refractivity contribution in [1.29, 1.82) is 0 Å². The molecule has 2 fully saturated rings. The lowest BCUT2D eigenvalue weighted by atomic mass is 10.0. The molecule has 0 saturated carbocycles. The fraction of sp³-hybridized carbons (Fsp3) is 0.600. The van der Waals surface area contributed by atoms with Crippen molar-refractivity contribution in [3.63, 3.8) is 0 Å². The molecule has 0 spiro atoms. The largest absolute Gasteiger partial charge is 0.477 e. The molecule has 3 amide bonds. The SMILES string of the molecule is O=CNC1C(=O)N2C(C(=O)O)=C(COC(=O)N3CCC[C@H]3CO)CS[C@@H]12. The van der Waals surface area contributed by atoms with Gasteiger partial charge in [0.2, 0.25) is 6.41 Å². The maximum atomic E-state index is 12.2. The van der Waals surface area contributed by atoms with Gasteiger partial charge < -0.3 is 25.2 Å². The van der Waals surface area contributed by atoms with Crippen molar-refractivity contribution < 1.29 is 34.1 Å². The monoisotopic (exact) mass is 385 g/mol. The molecule has 3 aliphatic rings. The summed E-state index contributed by atoms with van der Waals surface area (Å²) in [6.07, 6.45) is 1.27. The average Bonchev–Trinajstić information content (AvgIpc) is 3.11. The minimum absolute atomic E-state index is 0.150. The first-order valence-electron chi connectivity index (χ1n) is 8.13. The summed E-state index contributed by atoms with van der Waals surface area (Å²) in [5, 5.41) is 20.7. The number of carboxylic acids is 1. The van der Waals surface area contributed by atoms with Gasteiger partial charge in [0, 0.05) is 17.9 Å². The van der Waals surface area contributed by atoms with Crippen LogP contribution in [-0.2, 0) is 19.1 Å². The minimum Gasteiger partial charge on any atom is -0.477 e. The Balaban J connectivity index is 1.70. The number of aliphatic carboxylic acids is 1. The van der Waals surface area contributed by atoms with Gasteiger partial charge in [-0.3, -0.25) is 14.5 Å². The van der Waals surface area contributed by atoms with Gasteiger partial charge in [-0.05, 0) is 12.8 Å². The molecule has 1 unspecified atom stereocenters. The first-order chi connectivity index (χ1) is 12.5. The Kier molecular flexibility index (Phi) is 5.37. The summed E-state index contributed by atoms with van der Waals surface area (Å²) >= 11 is 1.30. The molecule has 10 nitrogen and oxygen atoms in total. The van der Waals surface area contributed by atoms with E-state index in [1.807, 2.05) is 0 Å². The molecule has 26 heavy (non-hydrogen) atoms. The molecule has 11 heteroatoms. The van der Waals surface area contributed by atoms with Crippen LogP contribution in [0.25, 0.3) is 0 Å². The number of aliphatic hydroxyl groups is 1. The van der Waals surface area contributed by atoms with Gasteiger partial charge in [0.15, 0.2) is 0 Å². The summed E-state index contributed by atoms with van der Waals surface area (Å²) in [4.78, 5) is 49.0. The summed E-state index contributed by atoms with van der Waals surface area (Å²) in [6.45, 7) is 0.0862. The third kappa shape index (κ3) is 3.12. The molecule has 3 rings (SSSR count). The zero-order valence-electron chi connectivity index (χ0n) is 13.8. The number of aliphatic hydroxyl groups excluding tert-OH is 1.